The fourth-order valence-corrected chi connectivity index (χ4v) is 4.85. The number of hydrogen-bond donors (Lipinski definition) is 2. The lowest BCUT2D eigenvalue weighted by atomic mass is 10.0. The SMILES string of the molecule is COc1ccc2cc1OCCCN(Cc1cccc(Cl)c1Cl)CC(=O)N[C@@H](C(C)C)C(=O)NCc1nc-2oc1C. The maximum Gasteiger partial charge on any atom is 0.243 e. The van der Waals surface area contributed by atoms with Crippen molar-refractivity contribution in [3.05, 3.63) is 63.5 Å². The average molecular weight is 590 g/mol. The Labute approximate surface area is 244 Å². The van der Waals surface area contributed by atoms with Gasteiger partial charge in [-0.3, -0.25) is 14.5 Å². The number of nitrogens with one attached hydrogen (secondary N) is 2. The Balaban J connectivity index is 1.63. The summed E-state index contributed by atoms with van der Waals surface area (Å²) in [5, 5.41) is 6.70. The van der Waals surface area contributed by atoms with Crippen LogP contribution >= 0.6 is 23.2 Å². The van der Waals surface area contributed by atoms with E-state index in [-0.39, 0.29) is 30.8 Å². The minimum Gasteiger partial charge on any atom is -0.493 e. The minimum absolute atomic E-state index is 0.0594. The molecule has 3 aromatic rings. The van der Waals surface area contributed by atoms with Crippen LogP contribution in [0.15, 0.2) is 40.8 Å². The summed E-state index contributed by atoms with van der Waals surface area (Å²) >= 11 is 12.7. The second-order valence-electron chi connectivity index (χ2n) is 10.0. The lowest BCUT2D eigenvalue weighted by Gasteiger charge is -2.26. The van der Waals surface area contributed by atoms with E-state index in [0.29, 0.717) is 65.0 Å². The summed E-state index contributed by atoms with van der Waals surface area (Å²) in [7, 11) is 1.58. The first-order chi connectivity index (χ1) is 19.2. The summed E-state index contributed by atoms with van der Waals surface area (Å²) in [6.45, 7) is 7.08. The molecule has 2 N–H and O–H groups in total. The summed E-state index contributed by atoms with van der Waals surface area (Å²) in [6.07, 6.45) is 0.606. The van der Waals surface area contributed by atoms with Crippen LogP contribution in [-0.2, 0) is 22.7 Å². The first kappa shape index (κ1) is 29.7. The highest BCUT2D eigenvalue weighted by Gasteiger charge is 2.26. The van der Waals surface area contributed by atoms with Crippen LogP contribution in [0.4, 0.5) is 0 Å². The monoisotopic (exact) mass is 588 g/mol. The molecule has 2 amide bonds. The number of rotatable bonds is 4. The number of benzene rings is 2. The van der Waals surface area contributed by atoms with Crippen molar-refractivity contribution in [1.82, 2.24) is 20.5 Å². The molecule has 1 aromatic heterocycles. The summed E-state index contributed by atoms with van der Waals surface area (Å²) in [5.41, 5.74) is 2.13. The van der Waals surface area contributed by atoms with E-state index in [1.165, 1.54) is 0 Å². The first-order valence-electron chi connectivity index (χ1n) is 13.2. The first-order valence-corrected chi connectivity index (χ1v) is 13.9. The van der Waals surface area contributed by atoms with Gasteiger partial charge in [-0.05, 0) is 49.1 Å². The minimum atomic E-state index is -0.720. The fraction of sp³-hybridized carbons (Fsp3) is 0.414. The lowest BCUT2D eigenvalue weighted by Crippen LogP contribution is -2.51. The van der Waals surface area contributed by atoms with Crippen LogP contribution in [-0.4, -0.2) is 54.5 Å². The van der Waals surface area contributed by atoms with Crippen LogP contribution in [0.25, 0.3) is 11.5 Å². The van der Waals surface area contributed by atoms with E-state index in [9.17, 15) is 9.59 Å². The van der Waals surface area contributed by atoms with E-state index >= 15 is 0 Å². The molecule has 1 atom stereocenters. The predicted octanol–water partition coefficient (Wildman–Crippen LogP) is 5.01. The Bertz CT molecular complexity index is 1360. The quantitative estimate of drug-likeness (QED) is 0.441. The third kappa shape index (κ3) is 7.27. The van der Waals surface area contributed by atoms with Gasteiger partial charge in [-0.25, -0.2) is 4.98 Å². The van der Waals surface area contributed by atoms with Gasteiger partial charge in [-0.15, -0.1) is 0 Å². The summed E-state index contributed by atoms with van der Waals surface area (Å²) < 4.78 is 17.5. The third-order valence-electron chi connectivity index (χ3n) is 6.67. The molecule has 2 heterocycles. The number of nitrogens with zero attached hydrogens (tertiary/aromatic N) is 2. The Hall–Kier alpha value is -3.27. The van der Waals surface area contributed by atoms with Crippen LogP contribution in [0.1, 0.15) is 37.3 Å². The highest BCUT2D eigenvalue weighted by molar-refractivity contribution is 6.42. The van der Waals surface area contributed by atoms with Crippen LogP contribution in [0.5, 0.6) is 11.5 Å². The molecular weight excluding hydrogens is 555 g/mol. The number of carbonyl (C=O) groups is 2. The molecule has 1 aliphatic heterocycles. The molecule has 1 aliphatic rings. The second-order valence-corrected chi connectivity index (χ2v) is 10.8. The number of amides is 2. The molecule has 11 heteroatoms. The number of aryl methyl sites for hydroxylation is 1. The fourth-order valence-electron chi connectivity index (χ4n) is 4.47. The van der Waals surface area contributed by atoms with E-state index in [1.807, 2.05) is 43.0 Å². The molecule has 9 nitrogen and oxygen atoms in total. The van der Waals surface area contributed by atoms with Gasteiger partial charge in [0.05, 0.1) is 36.9 Å². The van der Waals surface area contributed by atoms with Gasteiger partial charge in [0, 0.05) is 18.7 Å². The molecule has 214 valence electrons. The van der Waals surface area contributed by atoms with Crippen molar-refractivity contribution >= 4 is 35.0 Å². The summed E-state index contributed by atoms with van der Waals surface area (Å²) in [4.78, 5) is 32.9. The van der Waals surface area contributed by atoms with Crippen LogP contribution in [0.2, 0.25) is 10.0 Å². The topological polar surface area (TPSA) is 106 Å². The maximum absolute atomic E-state index is 13.2. The highest BCUT2D eigenvalue weighted by atomic mass is 35.5. The molecule has 4 rings (SSSR count). The Morgan fingerprint density at radius 1 is 1.20 bits per heavy atom. The van der Waals surface area contributed by atoms with Gasteiger partial charge in [0.1, 0.15) is 17.5 Å². The predicted molar refractivity (Wildman–Crippen MR) is 154 cm³/mol. The van der Waals surface area contributed by atoms with Gasteiger partial charge >= 0.3 is 0 Å². The number of hydrogen-bond acceptors (Lipinski definition) is 7. The molecule has 40 heavy (non-hydrogen) atoms. The van der Waals surface area contributed by atoms with Crippen molar-refractivity contribution in [2.24, 2.45) is 5.92 Å². The highest BCUT2D eigenvalue weighted by Crippen LogP contribution is 2.33. The lowest BCUT2D eigenvalue weighted by molar-refractivity contribution is -0.130. The van der Waals surface area contributed by atoms with Gasteiger partial charge in [0.15, 0.2) is 11.5 Å². The zero-order valence-electron chi connectivity index (χ0n) is 23.1. The van der Waals surface area contributed by atoms with Crippen LogP contribution < -0.4 is 20.1 Å². The van der Waals surface area contributed by atoms with Crippen molar-refractivity contribution in [3.8, 4) is 23.0 Å². The van der Waals surface area contributed by atoms with Crippen molar-refractivity contribution < 1.29 is 23.5 Å². The zero-order chi connectivity index (χ0) is 28.8. The number of aromatic nitrogens is 1. The van der Waals surface area contributed by atoms with E-state index in [1.54, 1.807) is 26.2 Å². The van der Waals surface area contributed by atoms with Crippen molar-refractivity contribution in [3.63, 3.8) is 0 Å². The van der Waals surface area contributed by atoms with Gasteiger partial charge in [0.2, 0.25) is 17.7 Å². The van der Waals surface area contributed by atoms with Crippen molar-refractivity contribution in [1.29, 1.82) is 0 Å². The molecule has 4 bridgehead atoms. The van der Waals surface area contributed by atoms with Crippen molar-refractivity contribution in [2.45, 2.75) is 46.3 Å². The molecule has 0 aliphatic carbocycles. The van der Waals surface area contributed by atoms with Gasteiger partial charge in [0.25, 0.3) is 0 Å². The van der Waals surface area contributed by atoms with Crippen LogP contribution in [0, 0.1) is 12.8 Å². The molecule has 0 spiro atoms. The number of fused-ring (bicyclic) bond motifs is 5. The Kier molecular flexibility index (Phi) is 9.95. The summed E-state index contributed by atoms with van der Waals surface area (Å²) in [5.74, 6) is 1.43. The zero-order valence-corrected chi connectivity index (χ0v) is 24.6. The standard InChI is InChI=1S/C29H34Cl2N4O5/c1-17(2)27-28(37)32-14-22-18(3)40-29(33-22)19-9-10-23(38-4)24(13-19)39-12-6-11-35(16-25(36)34-27)15-20-7-5-8-21(30)26(20)31/h5,7-10,13,17,27H,6,11-12,14-16H2,1-4H3,(H,32,37)(H,34,36)/t27-/m0/s1. The normalized spacial score (nSPS) is 17.4. The maximum atomic E-state index is 13.2. The Morgan fingerprint density at radius 2 is 2.00 bits per heavy atom. The van der Waals surface area contributed by atoms with Gasteiger partial charge in [-0.2, -0.15) is 0 Å². The molecule has 0 saturated carbocycles. The van der Waals surface area contributed by atoms with E-state index in [0.717, 1.165) is 11.1 Å². The summed E-state index contributed by atoms with van der Waals surface area (Å²) in [6, 6.07) is 10.2. The number of carbonyl (C=O) groups excluding carboxylic acids is 2. The Morgan fingerprint density at radius 3 is 2.75 bits per heavy atom. The largest absolute Gasteiger partial charge is 0.493 e. The van der Waals surface area contributed by atoms with Crippen molar-refractivity contribution in [2.75, 3.05) is 26.8 Å². The third-order valence-corrected chi connectivity index (χ3v) is 7.53. The molecule has 0 fully saturated rings. The smallest absolute Gasteiger partial charge is 0.243 e. The van der Waals surface area contributed by atoms with E-state index in [4.69, 9.17) is 37.1 Å². The van der Waals surface area contributed by atoms with E-state index in [2.05, 4.69) is 15.6 Å². The second kappa shape index (κ2) is 13.4. The molecule has 0 radical (unpaired) electrons. The van der Waals surface area contributed by atoms with Gasteiger partial charge < -0.3 is 24.5 Å². The molecular formula is C29H34Cl2N4O5. The number of halogens is 2. The number of ether oxygens (including phenoxy) is 2. The number of methoxy groups -OCH3 is 1. The van der Waals surface area contributed by atoms with E-state index < -0.39 is 6.04 Å². The molecule has 0 saturated heterocycles. The average Bonchev–Trinajstić information content (AvgIpc) is 3.30. The molecule has 0 unspecified atom stereocenters. The molecule has 2 aromatic carbocycles. The number of oxazole rings is 1. The van der Waals surface area contributed by atoms with Crippen LogP contribution in [0.3, 0.4) is 0 Å². The van der Waals surface area contributed by atoms with Gasteiger partial charge in [-0.1, -0.05) is 49.2 Å².